The van der Waals surface area contributed by atoms with Crippen LogP contribution in [0.25, 0.3) is 0 Å². The number of nitrogens with zero attached hydrogens (tertiary/aromatic N) is 1. The fourth-order valence-electron chi connectivity index (χ4n) is 2.44. The number of rotatable bonds is 9. The van der Waals surface area contributed by atoms with Gasteiger partial charge in [0.2, 0.25) is 0 Å². The maximum atomic E-state index is 11.4. The van der Waals surface area contributed by atoms with E-state index in [-0.39, 0.29) is 35.1 Å². The lowest BCUT2D eigenvalue weighted by Crippen LogP contribution is -2.42. The molecule has 0 aromatic heterocycles. The summed E-state index contributed by atoms with van der Waals surface area (Å²) >= 11 is 0. The fraction of sp³-hybridized carbons (Fsp3) is 0.632. The quantitative estimate of drug-likeness (QED) is 0.313. The molecule has 0 unspecified atom stereocenters. The van der Waals surface area contributed by atoms with Gasteiger partial charge in [-0.3, -0.25) is 0 Å². The molecular weight excluding hydrogens is 461 g/mol. The summed E-state index contributed by atoms with van der Waals surface area (Å²) in [5, 5.41) is 6.60. The van der Waals surface area contributed by atoms with E-state index < -0.39 is 9.84 Å². The average molecular weight is 495 g/mol. The first kappa shape index (κ1) is 25.2. The zero-order valence-corrected chi connectivity index (χ0v) is 19.8. The van der Waals surface area contributed by atoms with Gasteiger partial charge in [-0.05, 0) is 36.3 Å². The summed E-state index contributed by atoms with van der Waals surface area (Å²) in [5.74, 6) is 0.972. The van der Waals surface area contributed by atoms with Crippen molar-refractivity contribution in [2.75, 3.05) is 25.1 Å². The minimum atomic E-state index is -2.93. The van der Waals surface area contributed by atoms with Crippen molar-refractivity contribution in [1.29, 1.82) is 0 Å². The van der Waals surface area contributed by atoms with E-state index in [0.29, 0.717) is 19.5 Å². The Hall–Kier alpha value is -0.830. The predicted octanol–water partition coefficient (Wildman–Crippen LogP) is 3.38. The summed E-state index contributed by atoms with van der Waals surface area (Å²) < 4.78 is 22.8. The van der Waals surface area contributed by atoms with Crippen LogP contribution < -0.4 is 10.6 Å². The maximum absolute atomic E-state index is 11.4. The first-order valence-corrected chi connectivity index (χ1v) is 11.0. The van der Waals surface area contributed by atoms with Crippen LogP contribution in [0.1, 0.15) is 45.2 Å². The maximum Gasteiger partial charge on any atom is 0.191 e. The van der Waals surface area contributed by atoms with Gasteiger partial charge in [0.05, 0.1) is 12.3 Å². The van der Waals surface area contributed by atoms with Crippen LogP contribution >= 0.6 is 24.0 Å². The van der Waals surface area contributed by atoms with E-state index in [1.54, 1.807) is 0 Å². The second kappa shape index (κ2) is 11.8. The molecule has 7 heteroatoms. The number of guanidine groups is 1. The number of aryl methyl sites for hydroxylation is 1. The lowest BCUT2D eigenvalue weighted by atomic mass is 9.90. The zero-order chi connectivity index (χ0) is 18.9. The molecule has 0 fully saturated rings. The van der Waals surface area contributed by atoms with Gasteiger partial charge in [-0.1, -0.05) is 45.0 Å². The van der Waals surface area contributed by atoms with Gasteiger partial charge in [-0.25, -0.2) is 13.4 Å². The molecule has 1 rings (SSSR count). The van der Waals surface area contributed by atoms with Gasteiger partial charge >= 0.3 is 0 Å². The molecule has 0 heterocycles. The van der Waals surface area contributed by atoms with Crippen LogP contribution in [0.15, 0.2) is 29.3 Å². The number of hydrogen-bond donors (Lipinski definition) is 2. The third kappa shape index (κ3) is 10.4. The Labute approximate surface area is 176 Å². The minimum absolute atomic E-state index is 0. The van der Waals surface area contributed by atoms with Crippen LogP contribution in [-0.4, -0.2) is 39.5 Å². The van der Waals surface area contributed by atoms with Crippen molar-refractivity contribution < 1.29 is 8.42 Å². The number of benzene rings is 1. The summed E-state index contributed by atoms with van der Waals surface area (Å²) in [6, 6.07) is 8.35. The van der Waals surface area contributed by atoms with Crippen molar-refractivity contribution in [3.63, 3.8) is 0 Å². The zero-order valence-electron chi connectivity index (χ0n) is 16.6. The second-order valence-corrected chi connectivity index (χ2v) is 9.47. The van der Waals surface area contributed by atoms with Crippen molar-refractivity contribution in [2.45, 2.75) is 47.1 Å². The van der Waals surface area contributed by atoms with Gasteiger partial charge in [-0.2, -0.15) is 0 Å². The topological polar surface area (TPSA) is 70.6 Å². The highest BCUT2D eigenvalue weighted by Crippen LogP contribution is 2.19. The second-order valence-electron chi connectivity index (χ2n) is 7.22. The van der Waals surface area contributed by atoms with Crippen LogP contribution in [0, 0.1) is 5.41 Å². The largest absolute Gasteiger partial charge is 0.357 e. The molecule has 1 aromatic carbocycles. The van der Waals surface area contributed by atoms with E-state index in [1.165, 1.54) is 17.4 Å². The summed E-state index contributed by atoms with van der Waals surface area (Å²) in [6.45, 7) is 10.4. The van der Waals surface area contributed by atoms with Crippen LogP contribution in [0.2, 0.25) is 0 Å². The van der Waals surface area contributed by atoms with Crippen LogP contribution in [0.5, 0.6) is 0 Å². The predicted molar refractivity (Wildman–Crippen MR) is 122 cm³/mol. The van der Waals surface area contributed by atoms with Gasteiger partial charge in [0, 0.05) is 19.3 Å². The molecule has 0 atom stereocenters. The lowest BCUT2D eigenvalue weighted by molar-refractivity contribution is 0.348. The Morgan fingerprint density at radius 2 is 1.73 bits per heavy atom. The molecule has 0 amide bonds. The van der Waals surface area contributed by atoms with E-state index in [4.69, 9.17) is 0 Å². The van der Waals surface area contributed by atoms with Crippen molar-refractivity contribution in [2.24, 2.45) is 10.4 Å². The molecule has 0 aliphatic heterocycles. The molecule has 0 saturated heterocycles. The smallest absolute Gasteiger partial charge is 0.191 e. The van der Waals surface area contributed by atoms with Crippen molar-refractivity contribution >= 4 is 39.8 Å². The lowest BCUT2D eigenvalue weighted by Gasteiger charge is -2.25. The Morgan fingerprint density at radius 1 is 1.12 bits per heavy atom. The Bertz CT molecular complexity index is 673. The number of hydrogen-bond acceptors (Lipinski definition) is 3. The summed E-state index contributed by atoms with van der Waals surface area (Å²) in [7, 11) is -2.93. The highest BCUT2D eigenvalue weighted by Gasteiger charge is 2.20. The van der Waals surface area contributed by atoms with E-state index in [1.807, 2.05) is 13.0 Å². The molecule has 0 bridgehead atoms. The number of nitrogens with one attached hydrogen (secondary N) is 2. The van der Waals surface area contributed by atoms with Crippen molar-refractivity contribution in [1.82, 2.24) is 10.6 Å². The average Bonchev–Trinajstić information content (AvgIpc) is 2.55. The summed E-state index contributed by atoms with van der Waals surface area (Å²) in [5.41, 5.74) is 2.43. The molecule has 5 nitrogen and oxygen atoms in total. The molecular formula is C19H34IN3O2S. The number of sulfone groups is 1. The molecule has 150 valence electrons. The molecule has 0 radical (unpaired) electrons. The molecule has 1 aromatic rings. The van der Waals surface area contributed by atoms with E-state index in [9.17, 15) is 8.42 Å². The molecule has 0 aliphatic carbocycles. The van der Waals surface area contributed by atoms with Gasteiger partial charge in [0.1, 0.15) is 9.84 Å². The normalized spacial score (nSPS) is 12.4. The van der Waals surface area contributed by atoms with Gasteiger partial charge in [0.15, 0.2) is 5.96 Å². The minimum Gasteiger partial charge on any atom is -0.357 e. The van der Waals surface area contributed by atoms with Crippen LogP contribution in [-0.2, 0) is 22.8 Å². The molecule has 2 N–H and O–H groups in total. The number of aliphatic imine (C=N–C) groups is 1. The molecule has 0 spiro atoms. The summed E-state index contributed by atoms with van der Waals surface area (Å²) in [6.07, 6.45) is 2.90. The fourth-order valence-corrected chi connectivity index (χ4v) is 3.36. The highest BCUT2D eigenvalue weighted by molar-refractivity contribution is 14.0. The van der Waals surface area contributed by atoms with E-state index in [0.717, 1.165) is 18.9 Å². The van der Waals surface area contributed by atoms with Crippen LogP contribution in [0.4, 0.5) is 0 Å². The third-order valence-corrected chi connectivity index (χ3v) is 5.08. The Balaban J connectivity index is 0.00000625. The third-order valence-electron chi connectivity index (χ3n) is 4.14. The van der Waals surface area contributed by atoms with Gasteiger partial charge in [0.25, 0.3) is 0 Å². The van der Waals surface area contributed by atoms with E-state index >= 15 is 0 Å². The first-order chi connectivity index (χ1) is 11.7. The Kier molecular flexibility index (Phi) is 11.4. The van der Waals surface area contributed by atoms with Gasteiger partial charge in [-0.15, -0.1) is 24.0 Å². The number of halogens is 1. The van der Waals surface area contributed by atoms with Crippen LogP contribution in [0.3, 0.4) is 0 Å². The molecule has 26 heavy (non-hydrogen) atoms. The highest BCUT2D eigenvalue weighted by atomic mass is 127. The monoisotopic (exact) mass is 495 g/mol. The standard InChI is InChI=1S/C19H33N3O2S.HI/c1-6-16-10-8-9-11-17(16)14-21-18(20-7-2)22-15-19(3,4)12-13-25(5,23)24;/h8-11H,6-7,12-15H2,1-5H3,(H2,20,21,22);1H. The van der Waals surface area contributed by atoms with Crippen molar-refractivity contribution in [3.8, 4) is 0 Å². The molecule has 0 aliphatic rings. The first-order valence-electron chi connectivity index (χ1n) is 8.93. The summed E-state index contributed by atoms with van der Waals surface area (Å²) in [4.78, 5) is 4.68. The SMILES string of the molecule is CCNC(=NCc1ccccc1CC)NCC(C)(C)CCS(C)(=O)=O.I. The van der Waals surface area contributed by atoms with Gasteiger partial charge < -0.3 is 10.6 Å². The Morgan fingerprint density at radius 3 is 2.27 bits per heavy atom. The molecule has 0 saturated carbocycles. The van der Waals surface area contributed by atoms with Crippen molar-refractivity contribution in [3.05, 3.63) is 35.4 Å². The van der Waals surface area contributed by atoms with E-state index in [2.05, 4.69) is 54.6 Å².